The maximum absolute atomic E-state index is 12.2. The first-order chi connectivity index (χ1) is 12.3. The van der Waals surface area contributed by atoms with Crippen molar-refractivity contribution in [2.24, 2.45) is 0 Å². The van der Waals surface area contributed by atoms with Crippen molar-refractivity contribution >= 4 is 17.7 Å². The van der Waals surface area contributed by atoms with Gasteiger partial charge in [-0.15, -0.1) is 18.3 Å². The molecule has 0 bridgehead atoms. The summed E-state index contributed by atoms with van der Waals surface area (Å²) in [5.41, 5.74) is 1.76. The van der Waals surface area contributed by atoms with Gasteiger partial charge < -0.3 is 10.1 Å². The monoisotopic (exact) mass is 351 g/mol. The smallest absolute Gasteiger partial charge is 0.253 e. The zero-order chi connectivity index (χ0) is 17.9. The van der Waals surface area contributed by atoms with Crippen molar-refractivity contribution < 1.29 is 9.53 Å². The minimum atomic E-state index is -0.114. The van der Waals surface area contributed by atoms with E-state index >= 15 is 0 Å². The molecule has 0 aliphatic heterocycles. The quantitative estimate of drug-likeness (QED) is 0.466. The number of ether oxygens (including phenoxy) is 1. The van der Waals surface area contributed by atoms with E-state index in [1.165, 1.54) is 0 Å². The highest BCUT2D eigenvalue weighted by molar-refractivity contribution is 7.98. The molecule has 25 heavy (non-hydrogen) atoms. The van der Waals surface area contributed by atoms with Crippen LogP contribution in [-0.2, 0) is 6.42 Å². The molecular formula is C21H21NO2S. The molecule has 3 nitrogen and oxygen atoms in total. The average molecular weight is 351 g/mol. The van der Waals surface area contributed by atoms with Crippen molar-refractivity contribution in [2.75, 3.05) is 19.4 Å². The normalized spacial score (nSPS) is 9.64. The van der Waals surface area contributed by atoms with Crippen LogP contribution in [0.2, 0.25) is 0 Å². The van der Waals surface area contributed by atoms with Crippen LogP contribution in [0.25, 0.3) is 0 Å². The average Bonchev–Trinajstić information content (AvgIpc) is 2.65. The first-order valence-electron chi connectivity index (χ1n) is 7.94. The van der Waals surface area contributed by atoms with E-state index in [-0.39, 0.29) is 12.5 Å². The van der Waals surface area contributed by atoms with Gasteiger partial charge in [0.15, 0.2) is 0 Å². The van der Waals surface area contributed by atoms with Crippen LogP contribution >= 0.6 is 11.8 Å². The molecule has 0 unspecified atom stereocenters. The largest absolute Gasteiger partial charge is 0.481 e. The number of nitrogens with one attached hydrogen (secondary N) is 1. The van der Waals surface area contributed by atoms with Crippen LogP contribution in [0, 0.1) is 11.8 Å². The Hall–Kier alpha value is -2.64. The summed E-state index contributed by atoms with van der Waals surface area (Å²) in [6.07, 6.45) is 4.55. The Balaban J connectivity index is 1.82. The Morgan fingerprint density at radius 1 is 1.20 bits per heavy atom. The first-order valence-corrected chi connectivity index (χ1v) is 9.17. The fourth-order valence-corrected chi connectivity index (χ4v) is 2.84. The van der Waals surface area contributed by atoms with Crippen LogP contribution < -0.4 is 10.1 Å². The van der Waals surface area contributed by atoms with Gasteiger partial charge in [0.2, 0.25) is 0 Å². The molecule has 2 aromatic carbocycles. The molecule has 0 radical (unpaired) electrons. The minimum absolute atomic E-state index is 0.114. The second-order valence-electron chi connectivity index (χ2n) is 5.13. The van der Waals surface area contributed by atoms with E-state index in [9.17, 15) is 4.79 Å². The highest BCUT2D eigenvalue weighted by Gasteiger charge is 2.08. The van der Waals surface area contributed by atoms with E-state index in [1.54, 1.807) is 11.8 Å². The highest BCUT2D eigenvalue weighted by Crippen LogP contribution is 2.19. The lowest BCUT2D eigenvalue weighted by molar-refractivity contribution is 0.0956. The molecule has 2 rings (SSSR count). The SMILES string of the molecule is C=CCc1ccccc1OCC#CCNC(=O)c1ccccc1SC. The number of carbonyl (C=O) groups is 1. The van der Waals surface area contributed by atoms with E-state index in [1.807, 2.05) is 60.9 Å². The van der Waals surface area contributed by atoms with Gasteiger partial charge in [0, 0.05) is 4.90 Å². The van der Waals surface area contributed by atoms with Gasteiger partial charge in [0.1, 0.15) is 12.4 Å². The van der Waals surface area contributed by atoms with Gasteiger partial charge in [-0.3, -0.25) is 4.79 Å². The molecule has 0 aliphatic rings. The van der Waals surface area contributed by atoms with E-state index in [2.05, 4.69) is 23.7 Å². The van der Waals surface area contributed by atoms with Gasteiger partial charge >= 0.3 is 0 Å². The third-order valence-corrected chi connectivity index (χ3v) is 4.25. The standard InChI is InChI=1S/C21H21NO2S/c1-3-10-17-11-4-6-13-19(17)24-16-9-8-15-22-21(23)18-12-5-7-14-20(18)25-2/h3-7,11-14H,1,10,15-16H2,2H3,(H,22,23). The van der Waals surface area contributed by atoms with Gasteiger partial charge in [0.25, 0.3) is 5.91 Å². The van der Waals surface area contributed by atoms with Crippen molar-refractivity contribution in [3.63, 3.8) is 0 Å². The van der Waals surface area contributed by atoms with E-state index < -0.39 is 0 Å². The Labute approximate surface area is 153 Å². The van der Waals surface area contributed by atoms with Gasteiger partial charge in [-0.2, -0.15) is 0 Å². The summed E-state index contributed by atoms with van der Waals surface area (Å²) in [5, 5.41) is 2.81. The third kappa shape index (κ3) is 5.74. The second-order valence-corrected chi connectivity index (χ2v) is 5.97. The maximum Gasteiger partial charge on any atom is 0.253 e. The van der Waals surface area contributed by atoms with Crippen molar-refractivity contribution in [3.05, 3.63) is 72.3 Å². The van der Waals surface area contributed by atoms with Crippen LogP contribution in [0.5, 0.6) is 5.75 Å². The zero-order valence-corrected chi connectivity index (χ0v) is 15.1. The molecular weight excluding hydrogens is 330 g/mol. The summed E-state index contributed by atoms with van der Waals surface area (Å²) in [6.45, 7) is 4.32. The van der Waals surface area contributed by atoms with Crippen molar-refractivity contribution in [1.29, 1.82) is 0 Å². The molecule has 0 heterocycles. The van der Waals surface area contributed by atoms with Crippen molar-refractivity contribution in [3.8, 4) is 17.6 Å². The number of allylic oxidation sites excluding steroid dienone is 1. The maximum atomic E-state index is 12.2. The van der Waals surface area contributed by atoms with E-state index in [0.717, 1.165) is 22.6 Å². The lowest BCUT2D eigenvalue weighted by Crippen LogP contribution is -2.24. The molecule has 0 atom stereocenters. The molecule has 0 aromatic heterocycles. The summed E-state index contributed by atoms with van der Waals surface area (Å²) in [4.78, 5) is 13.1. The molecule has 0 saturated carbocycles. The molecule has 1 N–H and O–H groups in total. The Morgan fingerprint density at radius 3 is 2.76 bits per heavy atom. The predicted octanol–water partition coefficient (Wildman–Crippen LogP) is 3.95. The van der Waals surface area contributed by atoms with Crippen molar-refractivity contribution in [2.45, 2.75) is 11.3 Å². The van der Waals surface area contributed by atoms with E-state index in [0.29, 0.717) is 12.1 Å². The molecule has 0 fully saturated rings. The summed E-state index contributed by atoms with van der Waals surface area (Å²) < 4.78 is 5.68. The summed E-state index contributed by atoms with van der Waals surface area (Å²) in [5.74, 6) is 6.53. The number of amides is 1. The number of hydrogen-bond donors (Lipinski definition) is 1. The summed E-state index contributed by atoms with van der Waals surface area (Å²) in [7, 11) is 0. The highest BCUT2D eigenvalue weighted by atomic mass is 32.2. The molecule has 128 valence electrons. The van der Waals surface area contributed by atoms with Gasteiger partial charge in [-0.25, -0.2) is 0 Å². The van der Waals surface area contributed by atoms with Crippen molar-refractivity contribution in [1.82, 2.24) is 5.32 Å². The van der Waals surface area contributed by atoms with Gasteiger partial charge in [-0.1, -0.05) is 48.2 Å². The fourth-order valence-electron chi connectivity index (χ4n) is 2.25. The number of para-hydroxylation sites is 1. The molecule has 4 heteroatoms. The number of hydrogen-bond acceptors (Lipinski definition) is 3. The first kappa shape index (κ1) is 18.7. The van der Waals surface area contributed by atoms with Gasteiger partial charge in [-0.05, 0) is 36.4 Å². The summed E-state index contributed by atoms with van der Waals surface area (Å²) in [6, 6.07) is 15.3. The zero-order valence-electron chi connectivity index (χ0n) is 14.2. The third-order valence-electron chi connectivity index (χ3n) is 3.45. The van der Waals surface area contributed by atoms with Crippen LogP contribution in [0.1, 0.15) is 15.9 Å². The number of benzene rings is 2. The van der Waals surface area contributed by atoms with E-state index in [4.69, 9.17) is 4.74 Å². The van der Waals surface area contributed by atoms with Crippen LogP contribution in [0.4, 0.5) is 0 Å². The summed E-state index contributed by atoms with van der Waals surface area (Å²) >= 11 is 1.55. The van der Waals surface area contributed by atoms with Gasteiger partial charge in [0.05, 0.1) is 12.1 Å². The molecule has 0 aliphatic carbocycles. The fraction of sp³-hybridized carbons (Fsp3) is 0.190. The molecule has 1 amide bonds. The number of rotatable bonds is 7. The lowest BCUT2D eigenvalue weighted by Gasteiger charge is -2.07. The second kappa shape index (κ2) is 10.3. The van der Waals surface area contributed by atoms with Crippen LogP contribution in [0.15, 0.2) is 66.1 Å². The Bertz CT molecular complexity index is 790. The van der Waals surface area contributed by atoms with Crippen LogP contribution in [-0.4, -0.2) is 25.3 Å². The Kier molecular flexibility index (Phi) is 7.68. The Morgan fingerprint density at radius 2 is 1.96 bits per heavy atom. The number of thioether (sulfide) groups is 1. The number of carbonyl (C=O) groups excluding carboxylic acids is 1. The minimum Gasteiger partial charge on any atom is -0.481 e. The predicted molar refractivity (Wildman–Crippen MR) is 104 cm³/mol. The lowest BCUT2D eigenvalue weighted by atomic mass is 10.1. The topological polar surface area (TPSA) is 38.3 Å². The molecule has 0 saturated heterocycles. The van der Waals surface area contributed by atoms with Crippen LogP contribution in [0.3, 0.4) is 0 Å². The molecule has 0 spiro atoms. The molecule has 2 aromatic rings.